The Hall–Kier alpha value is -0.530. The average molecular weight is 279 g/mol. The molecule has 1 unspecified atom stereocenters. The van der Waals surface area contributed by atoms with Crippen molar-refractivity contribution in [1.82, 2.24) is 5.32 Å². The van der Waals surface area contributed by atoms with Crippen molar-refractivity contribution in [3.8, 4) is 0 Å². The summed E-state index contributed by atoms with van der Waals surface area (Å²) in [6.07, 6.45) is 8.30. The van der Waals surface area contributed by atoms with Crippen LogP contribution in [-0.2, 0) is 4.79 Å². The molecule has 20 heavy (non-hydrogen) atoms. The van der Waals surface area contributed by atoms with Crippen molar-refractivity contribution in [2.24, 2.45) is 22.7 Å². The molecule has 2 fully saturated rings. The van der Waals surface area contributed by atoms with Crippen LogP contribution in [0.15, 0.2) is 0 Å². The highest BCUT2D eigenvalue weighted by Gasteiger charge is 2.49. The molecule has 2 rings (SSSR count). The zero-order valence-electron chi connectivity index (χ0n) is 14.1. The van der Waals surface area contributed by atoms with E-state index in [4.69, 9.17) is 0 Å². The van der Waals surface area contributed by atoms with Crippen molar-refractivity contribution in [3.63, 3.8) is 0 Å². The number of hydrogen-bond acceptors (Lipinski definition) is 1. The molecule has 0 radical (unpaired) electrons. The maximum Gasteiger partial charge on any atom is 0.220 e. The van der Waals surface area contributed by atoms with Gasteiger partial charge in [0.2, 0.25) is 5.91 Å². The lowest BCUT2D eigenvalue weighted by Gasteiger charge is -2.45. The van der Waals surface area contributed by atoms with E-state index in [0.717, 1.165) is 18.8 Å². The molecule has 2 nitrogen and oxygen atoms in total. The molecule has 0 aromatic rings. The highest BCUT2D eigenvalue weighted by atomic mass is 16.2. The maximum atomic E-state index is 11.9. The van der Waals surface area contributed by atoms with Crippen molar-refractivity contribution in [1.29, 1.82) is 0 Å². The fraction of sp³-hybridized carbons (Fsp3) is 0.944. The Balaban J connectivity index is 2.04. The molecule has 0 bridgehead atoms. The van der Waals surface area contributed by atoms with Gasteiger partial charge in [0, 0.05) is 12.5 Å². The van der Waals surface area contributed by atoms with Crippen LogP contribution in [0.5, 0.6) is 0 Å². The van der Waals surface area contributed by atoms with Gasteiger partial charge in [-0.25, -0.2) is 0 Å². The molecule has 1 saturated heterocycles. The largest absolute Gasteiger partial charge is 0.353 e. The zero-order chi connectivity index (χ0) is 15.0. The van der Waals surface area contributed by atoms with Gasteiger partial charge in [0.15, 0.2) is 0 Å². The Morgan fingerprint density at radius 1 is 1.30 bits per heavy atom. The number of rotatable bonds is 4. The first-order valence-electron chi connectivity index (χ1n) is 8.58. The normalized spacial score (nSPS) is 34.8. The van der Waals surface area contributed by atoms with Crippen molar-refractivity contribution >= 4 is 5.91 Å². The van der Waals surface area contributed by atoms with Crippen LogP contribution in [-0.4, -0.2) is 11.9 Å². The van der Waals surface area contributed by atoms with Crippen LogP contribution in [0.25, 0.3) is 0 Å². The van der Waals surface area contributed by atoms with E-state index >= 15 is 0 Å². The summed E-state index contributed by atoms with van der Waals surface area (Å²) in [5.74, 6) is 1.80. The van der Waals surface area contributed by atoms with Crippen LogP contribution in [0, 0.1) is 22.7 Å². The minimum atomic E-state index is 0.279. The van der Waals surface area contributed by atoms with Gasteiger partial charge >= 0.3 is 0 Å². The number of nitrogens with one attached hydrogen (secondary N) is 1. The molecule has 1 atom stereocenters. The highest BCUT2D eigenvalue weighted by Crippen LogP contribution is 2.52. The molecule has 1 spiro atoms. The van der Waals surface area contributed by atoms with Crippen molar-refractivity contribution in [2.75, 3.05) is 0 Å². The Morgan fingerprint density at radius 2 is 1.90 bits per heavy atom. The predicted octanol–water partition coefficient (Wildman–Crippen LogP) is 4.53. The highest BCUT2D eigenvalue weighted by molar-refractivity contribution is 5.80. The van der Waals surface area contributed by atoms with E-state index in [1.165, 1.54) is 32.1 Å². The van der Waals surface area contributed by atoms with E-state index in [1.807, 2.05) is 0 Å². The Labute approximate surface area is 125 Å². The molecule has 2 heteroatoms. The summed E-state index contributed by atoms with van der Waals surface area (Å²) in [4.78, 5) is 11.9. The molecular weight excluding hydrogens is 246 g/mol. The van der Waals surface area contributed by atoms with Gasteiger partial charge in [-0.3, -0.25) is 4.79 Å². The van der Waals surface area contributed by atoms with Crippen molar-refractivity contribution in [2.45, 2.75) is 85.6 Å². The van der Waals surface area contributed by atoms with Crippen LogP contribution in [0.4, 0.5) is 0 Å². The minimum Gasteiger partial charge on any atom is -0.353 e. The molecule has 1 saturated carbocycles. The summed E-state index contributed by atoms with van der Waals surface area (Å²) in [6, 6.07) is 0.431. The Morgan fingerprint density at radius 3 is 2.40 bits per heavy atom. The first kappa shape index (κ1) is 15.9. The van der Waals surface area contributed by atoms with Gasteiger partial charge in [0.25, 0.3) is 0 Å². The van der Waals surface area contributed by atoms with Gasteiger partial charge in [-0.05, 0) is 54.8 Å². The van der Waals surface area contributed by atoms with Gasteiger partial charge in [-0.15, -0.1) is 0 Å². The minimum absolute atomic E-state index is 0.279. The third-order valence-electron chi connectivity index (χ3n) is 6.29. The molecule has 1 N–H and O–H groups in total. The molecule has 0 aromatic heterocycles. The van der Waals surface area contributed by atoms with Gasteiger partial charge < -0.3 is 5.32 Å². The van der Waals surface area contributed by atoms with Crippen LogP contribution < -0.4 is 5.32 Å². The summed E-state index contributed by atoms with van der Waals surface area (Å²) in [6.45, 7) is 11.7. The van der Waals surface area contributed by atoms with Crippen LogP contribution in [0.1, 0.15) is 79.6 Å². The van der Waals surface area contributed by atoms with Gasteiger partial charge in [0.1, 0.15) is 0 Å². The van der Waals surface area contributed by atoms with E-state index in [9.17, 15) is 4.79 Å². The van der Waals surface area contributed by atoms with Crippen molar-refractivity contribution < 1.29 is 4.79 Å². The smallest absolute Gasteiger partial charge is 0.220 e. The molecule has 116 valence electrons. The Bertz CT molecular complexity index is 350. The topological polar surface area (TPSA) is 29.1 Å². The summed E-state index contributed by atoms with van der Waals surface area (Å²) < 4.78 is 0. The molecule has 1 heterocycles. The van der Waals surface area contributed by atoms with Crippen molar-refractivity contribution in [3.05, 3.63) is 0 Å². The lowest BCUT2D eigenvalue weighted by Crippen LogP contribution is -2.42. The standard InChI is InChI=1S/C18H33NO/c1-6-17(4,5)14-7-9-18(10-8-14)12-16(20)19-15(18)11-13(2)3/h13-15H,6-12H2,1-5H3,(H,19,20). The fourth-order valence-electron chi connectivity index (χ4n) is 4.41. The van der Waals surface area contributed by atoms with Gasteiger partial charge in [0.05, 0.1) is 0 Å². The predicted molar refractivity (Wildman–Crippen MR) is 84.5 cm³/mol. The first-order chi connectivity index (χ1) is 9.29. The first-order valence-corrected chi connectivity index (χ1v) is 8.58. The summed E-state index contributed by atoms with van der Waals surface area (Å²) in [7, 11) is 0. The molecule has 0 aromatic carbocycles. The second-order valence-electron chi connectivity index (χ2n) is 8.41. The van der Waals surface area contributed by atoms with E-state index < -0.39 is 0 Å². The second kappa shape index (κ2) is 5.69. The number of carbonyl (C=O) groups excluding carboxylic acids is 1. The fourth-order valence-corrected chi connectivity index (χ4v) is 4.41. The second-order valence-corrected chi connectivity index (χ2v) is 8.41. The molecule has 1 amide bonds. The molecule has 1 aliphatic carbocycles. The third kappa shape index (κ3) is 3.04. The Kier molecular flexibility index (Phi) is 4.51. The monoisotopic (exact) mass is 279 g/mol. The van der Waals surface area contributed by atoms with E-state index in [0.29, 0.717) is 23.3 Å². The SMILES string of the molecule is CCC(C)(C)C1CCC2(CC1)CC(=O)NC2CC(C)C. The van der Waals surface area contributed by atoms with E-state index in [2.05, 4.69) is 39.9 Å². The van der Waals surface area contributed by atoms with Crippen LogP contribution >= 0.6 is 0 Å². The number of amides is 1. The van der Waals surface area contributed by atoms with E-state index in [-0.39, 0.29) is 5.41 Å². The summed E-state index contributed by atoms with van der Waals surface area (Å²) >= 11 is 0. The quantitative estimate of drug-likeness (QED) is 0.804. The third-order valence-corrected chi connectivity index (χ3v) is 6.29. The van der Waals surface area contributed by atoms with E-state index in [1.54, 1.807) is 0 Å². The van der Waals surface area contributed by atoms with Crippen LogP contribution in [0.2, 0.25) is 0 Å². The average Bonchev–Trinajstić information content (AvgIpc) is 2.65. The van der Waals surface area contributed by atoms with Gasteiger partial charge in [-0.2, -0.15) is 0 Å². The lowest BCUT2D eigenvalue weighted by molar-refractivity contribution is -0.120. The number of hydrogen-bond donors (Lipinski definition) is 1. The molecular formula is C18H33NO. The zero-order valence-corrected chi connectivity index (χ0v) is 14.1. The maximum absolute atomic E-state index is 11.9. The van der Waals surface area contributed by atoms with Gasteiger partial charge in [-0.1, -0.05) is 41.0 Å². The number of carbonyl (C=O) groups is 1. The molecule has 2 aliphatic rings. The summed E-state index contributed by atoms with van der Waals surface area (Å²) in [5, 5.41) is 3.27. The molecule has 1 aliphatic heterocycles. The van der Waals surface area contributed by atoms with Crippen LogP contribution in [0.3, 0.4) is 0 Å². The summed E-state index contributed by atoms with van der Waals surface area (Å²) in [5.41, 5.74) is 0.743. The lowest BCUT2D eigenvalue weighted by atomic mass is 9.60.